The Morgan fingerprint density at radius 1 is 1.08 bits per heavy atom. The van der Waals surface area contributed by atoms with Crippen LogP contribution in [-0.2, 0) is 11.2 Å². The van der Waals surface area contributed by atoms with E-state index in [0.29, 0.717) is 51.9 Å². The van der Waals surface area contributed by atoms with Gasteiger partial charge >= 0.3 is 5.91 Å². The molecule has 0 bridgehead atoms. The molecule has 0 aromatic carbocycles. The molecule has 0 spiro atoms. The molecular weight excluding hydrogens is 488 g/mol. The molecule has 0 fully saturated rings. The van der Waals surface area contributed by atoms with Crippen LogP contribution in [0.3, 0.4) is 0 Å². The molecule has 190 valence electrons. The number of rotatable bonds is 5. The van der Waals surface area contributed by atoms with Crippen LogP contribution in [-0.4, -0.2) is 77.1 Å². The summed E-state index contributed by atoms with van der Waals surface area (Å²) >= 11 is 0. The van der Waals surface area contributed by atoms with Crippen molar-refractivity contribution in [3.63, 3.8) is 0 Å². The Morgan fingerprint density at radius 2 is 1.95 bits per heavy atom. The number of amides is 1. The van der Waals surface area contributed by atoms with Crippen molar-refractivity contribution in [2.24, 2.45) is 0 Å². The van der Waals surface area contributed by atoms with E-state index in [2.05, 4.69) is 35.0 Å². The van der Waals surface area contributed by atoms with Crippen LogP contribution in [0.4, 0.5) is 5.82 Å². The summed E-state index contributed by atoms with van der Waals surface area (Å²) < 4.78 is 6.98. The van der Waals surface area contributed by atoms with E-state index in [1.807, 2.05) is 18.2 Å². The second-order valence-corrected chi connectivity index (χ2v) is 8.61. The predicted octanol–water partition coefficient (Wildman–Crippen LogP) is 1.93. The number of hydrogen-bond acceptors (Lipinski definition) is 10. The lowest BCUT2D eigenvalue weighted by atomic mass is 10.0. The summed E-state index contributed by atoms with van der Waals surface area (Å²) in [5.41, 5.74) is 2.94. The summed E-state index contributed by atoms with van der Waals surface area (Å²) in [5, 5.41) is 7.71. The van der Waals surface area contributed by atoms with Gasteiger partial charge in [-0.2, -0.15) is 5.10 Å². The molecule has 0 saturated heterocycles. The van der Waals surface area contributed by atoms with Gasteiger partial charge in [0.15, 0.2) is 11.6 Å². The summed E-state index contributed by atoms with van der Waals surface area (Å²) in [6.45, 7) is 2.03. The topological polar surface area (TPSA) is 148 Å². The summed E-state index contributed by atoms with van der Waals surface area (Å²) in [6, 6.07) is 5.59. The number of aryl methyl sites for hydroxylation is 1. The van der Waals surface area contributed by atoms with Gasteiger partial charge < -0.3 is 9.72 Å². The molecule has 5 aromatic heterocycles. The molecule has 13 nitrogen and oxygen atoms in total. The lowest BCUT2D eigenvalue weighted by molar-refractivity contribution is -0.127. The Kier molecular flexibility index (Phi) is 5.52. The molecule has 1 N–H and O–H groups in total. The molecule has 6 rings (SSSR count). The minimum atomic E-state index is -0.700. The van der Waals surface area contributed by atoms with E-state index in [-0.39, 0.29) is 12.1 Å². The van der Waals surface area contributed by atoms with Crippen molar-refractivity contribution in [1.29, 1.82) is 0 Å². The van der Waals surface area contributed by atoms with Crippen molar-refractivity contribution in [3.05, 3.63) is 66.4 Å². The number of anilines is 1. The van der Waals surface area contributed by atoms with Gasteiger partial charge in [-0.25, -0.2) is 29.6 Å². The van der Waals surface area contributed by atoms with Gasteiger partial charge in [0, 0.05) is 31.5 Å². The molecule has 6 heterocycles. The van der Waals surface area contributed by atoms with Crippen LogP contribution >= 0.6 is 0 Å². The monoisotopic (exact) mass is 510 g/mol. The van der Waals surface area contributed by atoms with Crippen LogP contribution in [0.1, 0.15) is 21.7 Å². The number of carbonyl (C=O) groups excluding carboxylic acids is 2. The zero-order chi connectivity index (χ0) is 26.4. The van der Waals surface area contributed by atoms with E-state index in [0.717, 1.165) is 5.56 Å². The number of H-pyrrole nitrogens is 1. The number of aromatic amines is 1. The normalized spacial score (nSPS) is 13.0. The van der Waals surface area contributed by atoms with E-state index in [4.69, 9.17) is 4.74 Å². The number of hydrazine groups is 1. The lowest BCUT2D eigenvalue weighted by Crippen LogP contribution is -2.51. The fourth-order valence-electron chi connectivity index (χ4n) is 4.65. The Labute approximate surface area is 216 Å². The number of pyridine rings is 2. The number of aromatic nitrogens is 8. The van der Waals surface area contributed by atoms with Crippen molar-refractivity contribution >= 4 is 28.4 Å². The molecule has 1 aliphatic heterocycles. The SMILES string of the molecule is COc1cnc(-n2cnc(C)n2)c2[nH]cc(C(=O)C(=O)N3CCc4c(-c5ccccn5)ncnc4N3C)c12. The molecular formula is C25H22N10O3. The maximum absolute atomic E-state index is 13.6. The molecule has 13 heteroatoms. The number of nitrogens with one attached hydrogen (secondary N) is 1. The summed E-state index contributed by atoms with van der Waals surface area (Å²) in [6.07, 6.45) is 8.09. The van der Waals surface area contributed by atoms with Crippen molar-refractivity contribution in [3.8, 4) is 23.0 Å². The van der Waals surface area contributed by atoms with Gasteiger partial charge in [-0.15, -0.1) is 0 Å². The highest BCUT2D eigenvalue weighted by molar-refractivity contribution is 6.45. The predicted molar refractivity (Wildman–Crippen MR) is 136 cm³/mol. The Bertz CT molecular complexity index is 1690. The third kappa shape index (κ3) is 3.63. The highest BCUT2D eigenvalue weighted by Crippen LogP contribution is 2.34. The van der Waals surface area contributed by atoms with Crippen molar-refractivity contribution in [2.75, 3.05) is 25.7 Å². The van der Waals surface area contributed by atoms with Gasteiger partial charge in [0.25, 0.3) is 5.78 Å². The number of nitrogens with zero attached hydrogens (tertiary/aromatic N) is 9. The molecule has 0 unspecified atom stereocenters. The Balaban J connectivity index is 1.35. The Hall–Kier alpha value is -5.20. The van der Waals surface area contributed by atoms with E-state index in [1.165, 1.54) is 41.8 Å². The number of hydrogen-bond donors (Lipinski definition) is 1. The van der Waals surface area contributed by atoms with E-state index < -0.39 is 11.7 Å². The van der Waals surface area contributed by atoms with Gasteiger partial charge in [-0.05, 0) is 25.5 Å². The van der Waals surface area contributed by atoms with Crippen LogP contribution < -0.4 is 9.75 Å². The second-order valence-electron chi connectivity index (χ2n) is 8.61. The number of ether oxygens (including phenoxy) is 1. The quantitative estimate of drug-likeness (QED) is 0.275. The summed E-state index contributed by atoms with van der Waals surface area (Å²) in [4.78, 5) is 52.0. The first-order valence-electron chi connectivity index (χ1n) is 11.8. The largest absolute Gasteiger partial charge is 0.494 e. The molecule has 0 saturated carbocycles. The molecule has 1 aliphatic rings. The number of methoxy groups -OCH3 is 1. The zero-order valence-corrected chi connectivity index (χ0v) is 20.8. The molecule has 38 heavy (non-hydrogen) atoms. The third-order valence-electron chi connectivity index (χ3n) is 6.44. The average molecular weight is 511 g/mol. The van der Waals surface area contributed by atoms with Gasteiger partial charge in [0.05, 0.1) is 41.2 Å². The van der Waals surface area contributed by atoms with Crippen molar-refractivity contribution in [2.45, 2.75) is 13.3 Å². The van der Waals surface area contributed by atoms with Crippen LogP contribution in [0.5, 0.6) is 5.75 Å². The smallest absolute Gasteiger partial charge is 0.313 e. The molecule has 0 aliphatic carbocycles. The maximum atomic E-state index is 13.6. The average Bonchev–Trinajstić information content (AvgIpc) is 3.59. The first kappa shape index (κ1) is 23.2. The van der Waals surface area contributed by atoms with Crippen LogP contribution in [0.25, 0.3) is 28.1 Å². The summed E-state index contributed by atoms with van der Waals surface area (Å²) in [7, 11) is 3.18. The van der Waals surface area contributed by atoms with Crippen LogP contribution in [0.2, 0.25) is 0 Å². The minimum Gasteiger partial charge on any atom is -0.494 e. The second kappa shape index (κ2) is 9.03. The van der Waals surface area contributed by atoms with E-state index in [9.17, 15) is 9.59 Å². The van der Waals surface area contributed by atoms with E-state index in [1.54, 1.807) is 25.2 Å². The first-order chi connectivity index (χ1) is 18.5. The summed E-state index contributed by atoms with van der Waals surface area (Å²) in [5.74, 6) is 0.485. The first-order valence-corrected chi connectivity index (χ1v) is 11.8. The van der Waals surface area contributed by atoms with Gasteiger partial charge in [0.2, 0.25) is 0 Å². The van der Waals surface area contributed by atoms with Crippen LogP contribution in [0, 0.1) is 6.92 Å². The molecule has 5 aromatic rings. The fraction of sp³-hybridized carbons (Fsp3) is 0.200. The van der Waals surface area contributed by atoms with Crippen molar-refractivity contribution in [1.82, 2.24) is 44.7 Å². The third-order valence-corrected chi connectivity index (χ3v) is 6.44. The van der Waals surface area contributed by atoms with E-state index >= 15 is 0 Å². The van der Waals surface area contributed by atoms with Gasteiger partial charge in [0.1, 0.15) is 24.2 Å². The Morgan fingerprint density at radius 3 is 2.68 bits per heavy atom. The highest BCUT2D eigenvalue weighted by Gasteiger charge is 2.34. The minimum absolute atomic E-state index is 0.165. The van der Waals surface area contributed by atoms with Crippen molar-refractivity contribution < 1.29 is 14.3 Å². The lowest BCUT2D eigenvalue weighted by Gasteiger charge is -2.37. The molecule has 0 atom stereocenters. The molecule has 1 amide bonds. The fourth-order valence-corrected chi connectivity index (χ4v) is 4.65. The molecule has 0 radical (unpaired) electrons. The maximum Gasteiger partial charge on any atom is 0.313 e. The number of ketones is 1. The zero-order valence-electron chi connectivity index (χ0n) is 20.8. The number of carbonyl (C=O) groups is 2. The standard InChI is InChI=1S/C25H22N10O3/c1-14-31-13-34(32-14)24-21-19(18(38-3)11-28-24)16(10-27-21)22(36)25(37)35-9-7-15-20(17-6-4-5-8-26-17)29-12-30-23(15)33(35)2/h4-6,8,10-13,27H,7,9H2,1-3H3. The highest BCUT2D eigenvalue weighted by atomic mass is 16.5. The van der Waals surface area contributed by atoms with Crippen LogP contribution in [0.15, 0.2) is 49.4 Å². The van der Waals surface area contributed by atoms with Gasteiger partial charge in [-0.1, -0.05) is 6.07 Å². The number of Topliss-reactive ketones (excluding diaryl/α,β-unsaturated/α-hetero) is 1. The number of fused-ring (bicyclic) bond motifs is 2. The van der Waals surface area contributed by atoms with Gasteiger partial charge in [-0.3, -0.25) is 19.6 Å².